The number of anilines is 1. The summed E-state index contributed by atoms with van der Waals surface area (Å²) in [6.45, 7) is 4.91. The van der Waals surface area contributed by atoms with Gasteiger partial charge in [0.2, 0.25) is 5.91 Å². The molecule has 1 aromatic rings. The summed E-state index contributed by atoms with van der Waals surface area (Å²) in [7, 11) is 0. The second-order valence-electron chi connectivity index (χ2n) is 5.09. The van der Waals surface area contributed by atoms with Crippen molar-refractivity contribution in [1.82, 2.24) is 9.55 Å². The second-order valence-corrected chi connectivity index (χ2v) is 5.09. The molecule has 1 saturated carbocycles. The number of rotatable bonds is 6. The van der Waals surface area contributed by atoms with Crippen molar-refractivity contribution >= 4 is 11.7 Å². The van der Waals surface area contributed by atoms with Gasteiger partial charge < -0.3 is 9.88 Å². The van der Waals surface area contributed by atoms with Gasteiger partial charge in [0.05, 0.1) is 6.33 Å². The van der Waals surface area contributed by atoms with Crippen LogP contribution in [0.5, 0.6) is 0 Å². The number of carbonyl (C=O) groups excluding carboxylic acids is 1. The van der Waals surface area contributed by atoms with Gasteiger partial charge in [-0.25, -0.2) is 4.98 Å². The Kier molecular flexibility index (Phi) is 4.18. The fourth-order valence-corrected chi connectivity index (χ4v) is 1.82. The minimum Gasteiger partial charge on any atom is -0.335 e. The van der Waals surface area contributed by atoms with Crippen molar-refractivity contribution in [2.45, 2.75) is 39.7 Å². The third-order valence-corrected chi connectivity index (χ3v) is 3.22. The average molecular weight is 247 g/mol. The first-order valence-corrected chi connectivity index (χ1v) is 6.63. The molecule has 4 nitrogen and oxygen atoms in total. The molecule has 0 aliphatic heterocycles. The zero-order valence-electron chi connectivity index (χ0n) is 11.1. The lowest BCUT2D eigenvalue weighted by atomic mass is 10.1. The number of amides is 1. The molecule has 4 heteroatoms. The van der Waals surface area contributed by atoms with Crippen molar-refractivity contribution in [2.75, 3.05) is 5.32 Å². The Hall–Kier alpha value is -1.58. The zero-order chi connectivity index (χ0) is 13.0. The third-order valence-electron chi connectivity index (χ3n) is 3.22. The molecule has 1 atom stereocenters. The predicted octanol–water partition coefficient (Wildman–Crippen LogP) is 2.83. The van der Waals surface area contributed by atoms with Crippen LogP contribution in [0.15, 0.2) is 24.7 Å². The topological polar surface area (TPSA) is 46.9 Å². The van der Waals surface area contributed by atoms with E-state index < -0.39 is 0 Å². The van der Waals surface area contributed by atoms with Crippen LogP contribution in [0.4, 0.5) is 5.82 Å². The fraction of sp³-hybridized carbons (Fsp3) is 0.571. The van der Waals surface area contributed by atoms with E-state index in [1.807, 2.05) is 32.2 Å². The lowest BCUT2D eigenvalue weighted by molar-refractivity contribution is -0.119. The Morgan fingerprint density at radius 2 is 2.44 bits per heavy atom. The molecule has 0 spiro atoms. The number of hydrogen-bond donors (Lipinski definition) is 1. The minimum absolute atomic E-state index is 0.0187. The molecule has 1 aromatic heterocycles. The maximum atomic E-state index is 11.9. The van der Waals surface area contributed by atoms with Crippen LogP contribution >= 0.6 is 0 Å². The molecule has 1 N–H and O–H groups in total. The Morgan fingerprint density at radius 3 is 3.11 bits per heavy atom. The van der Waals surface area contributed by atoms with E-state index in [2.05, 4.69) is 14.9 Å². The lowest BCUT2D eigenvalue weighted by Gasteiger charge is -2.07. The first-order valence-electron chi connectivity index (χ1n) is 6.63. The van der Waals surface area contributed by atoms with E-state index in [0.717, 1.165) is 18.9 Å². The van der Waals surface area contributed by atoms with Gasteiger partial charge in [0.1, 0.15) is 0 Å². The summed E-state index contributed by atoms with van der Waals surface area (Å²) in [6, 6.07) is 0. The van der Waals surface area contributed by atoms with Crippen molar-refractivity contribution < 1.29 is 4.79 Å². The molecule has 0 aromatic carbocycles. The fourth-order valence-electron chi connectivity index (χ4n) is 1.82. The SMILES string of the molecule is C/C=C/CC(C)C(=O)Nc1cn(CC2CC2)cn1. The Labute approximate surface area is 108 Å². The smallest absolute Gasteiger partial charge is 0.228 e. The molecule has 1 unspecified atom stereocenters. The molecule has 98 valence electrons. The summed E-state index contributed by atoms with van der Waals surface area (Å²) in [5.74, 6) is 1.49. The Bertz CT molecular complexity index is 432. The van der Waals surface area contributed by atoms with Crippen LogP contribution in [0.1, 0.15) is 33.1 Å². The molecule has 1 aliphatic carbocycles. The Morgan fingerprint density at radius 1 is 1.67 bits per heavy atom. The number of allylic oxidation sites excluding steroid dienone is 2. The molecular formula is C14H21N3O. The van der Waals surface area contributed by atoms with E-state index in [1.54, 1.807) is 6.33 Å². The number of nitrogens with zero attached hydrogens (tertiary/aromatic N) is 2. The van der Waals surface area contributed by atoms with Crippen molar-refractivity contribution in [1.29, 1.82) is 0 Å². The number of hydrogen-bond acceptors (Lipinski definition) is 2. The van der Waals surface area contributed by atoms with E-state index in [9.17, 15) is 4.79 Å². The predicted molar refractivity (Wildman–Crippen MR) is 72.2 cm³/mol. The van der Waals surface area contributed by atoms with Gasteiger partial charge in [0.25, 0.3) is 0 Å². The van der Waals surface area contributed by atoms with E-state index in [0.29, 0.717) is 5.82 Å². The largest absolute Gasteiger partial charge is 0.335 e. The normalized spacial score (nSPS) is 17.0. The monoisotopic (exact) mass is 247 g/mol. The quantitative estimate of drug-likeness (QED) is 0.786. The van der Waals surface area contributed by atoms with Crippen molar-refractivity contribution in [3.05, 3.63) is 24.7 Å². The number of nitrogens with one attached hydrogen (secondary N) is 1. The van der Waals surface area contributed by atoms with Crippen LogP contribution in [0, 0.1) is 11.8 Å². The summed E-state index contributed by atoms with van der Waals surface area (Å²) in [5.41, 5.74) is 0. The van der Waals surface area contributed by atoms with Crippen LogP contribution in [-0.2, 0) is 11.3 Å². The average Bonchev–Trinajstić information content (AvgIpc) is 3.06. The number of carbonyl (C=O) groups is 1. The van der Waals surface area contributed by atoms with Gasteiger partial charge in [0.15, 0.2) is 5.82 Å². The van der Waals surface area contributed by atoms with E-state index in [4.69, 9.17) is 0 Å². The van der Waals surface area contributed by atoms with Crippen LogP contribution in [0.2, 0.25) is 0 Å². The molecule has 1 amide bonds. The molecule has 1 aliphatic rings. The number of aromatic nitrogens is 2. The molecule has 18 heavy (non-hydrogen) atoms. The van der Waals surface area contributed by atoms with Gasteiger partial charge in [-0.2, -0.15) is 0 Å². The van der Waals surface area contributed by atoms with Gasteiger partial charge in [-0.1, -0.05) is 19.1 Å². The zero-order valence-corrected chi connectivity index (χ0v) is 11.1. The number of imidazole rings is 1. The molecule has 0 radical (unpaired) electrons. The standard InChI is InChI=1S/C14H21N3O/c1-3-4-5-11(2)14(18)16-13-9-17(10-15-13)8-12-6-7-12/h3-4,9-12H,5-8H2,1-2H3,(H,16,18)/b4-3+. The van der Waals surface area contributed by atoms with Crippen molar-refractivity contribution in [3.8, 4) is 0 Å². The van der Waals surface area contributed by atoms with Crippen LogP contribution in [0.25, 0.3) is 0 Å². The highest BCUT2D eigenvalue weighted by atomic mass is 16.1. The van der Waals surface area contributed by atoms with E-state index in [-0.39, 0.29) is 11.8 Å². The summed E-state index contributed by atoms with van der Waals surface area (Å²) in [4.78, 5) is 16.1. The van der Waals surface area contributed by atoms with E-state index >= 15 is 0 Å². The molecule has 2 rings (SSSR count). The molecule has 0 saturated heterocycles. The maximum Gasteiger partial charge on any atom is 0.228 e. The van der Waals surface area contributed by atoms with Crippen molar-refractivity contribution in [2.24, 2.45) is 11.8 Å². The summed E-state index contributed by atoms with van der Waals surface area (Å²) < 4.78 is 2.06. The molecular weight excluding hydrogens is 226 g/mol. The molecule has 1 fully saturated rings. The van der Waals surface area contributed by atoms with Gasteiger partial charge in [-0.05, 0) is 32.1 Å². The Balaban J connectivity index is 1.83. The van der Waals surface area contributed by atoms with Gasteiger partial charge in [-0.15, -0.1) is 0 Å². The maximum absolute atomic E-state index is 11.9. The van der Waals surface area contributed by atoms with Gasteiger partial charge in [0, 0.05) is 18.7 Å². The summed E-state index contributed by atoms with van der Waals surface area (Å²) in [6.07, 6.45) is 11.1. The van der Waals surface area contributed by atoms with Crippen LogP contribution < -0.4 is 5.32 Å². The van der Waals surface area contributed by atoms with E-state index in [1.165, 1.54) is 12.8 Å². The van der Waals surface area contributed by atoms with Gasteiger partial charge >= 0.3 is 0 Å². The first kappa shape index (κ1) is 12.9. The van der Waals surface area contributed by atoms with Crippen molar-refractivity contribution in [3.63, 3.8) is 0 Å². The first-order chi connectivity index (χ1) is 8.69. The lowest BCUT2D eigenvalue weighted by Crippen LogP contribution is -2.20. The summed E-state index contributed by atoms with van der Waals surface area (Å²) >= 11 is 0. The highest BCUT2D eigenvalue weighted by Gasteiger charge is 2.21. The molecule has 0 bridgehead atoms. The van der Waals surface area contributed by atoms with Gasteiger partial charge in [-0.3, -0.25) is 4.79 Å². The minimum atomic E-state index is -0.0187. The highest BCUT2D eigenvalue weighted by Crippen LogP contribution is 2.30. The highest BCUT2D eigenvalue weighted by molar-refractivity contribution is 5.91. The molecule has 1 heterocycles. The second kappa shape index (κ2) is 5.85. The van der Waals surface area contributed by atoms with Crippen LogP contribution in [-0.4, -0.2) is 15.5 Å². The third kappa shape index (κ3) is 3.72. The summed E-state index contributed by atoms with van der Waals surface area (Å²) in [5, 5.41) is 2.86. The van der Waals surface area contributed by atoms with Crippen LogP contribution in [0.3, 0.4) is 0 Å².